The van der Waals surface area contributed by atoms with E-state index >= 15 is 0 Å². The lowest BCUT2D eigenvalue weighted by atomic mass is 10.2. The van der Waals surface area contributed by atoms with Gasteiger partial charge in [0.15, 0.2) is 11.6 Å². The van der Waals surface area contributed by atoms with Crippen LogP contribution < -0.4 is 14.8 Å². The lowest BCUT2D eigenvalue weighted by Crippen LogP contribution is -2.43. The zero-order valence-corrected chi connectivity index (χ0v) is 14.2. The Hall–Kier alpha value is -2.21. The highest BCUT2D eigenvalue weighted by molar-refractivity contribution is 7.90. The van der Waals surface area contributed by atoms with Crippen molar-refractivity contribution in [3.63, 3.8) is 0 Å². The van der Waals surface area contributed by atoms with Crippen molar-refractivity contribution >= 4 is 15.9 Å². The molecule has 0 heterocycles. The molecule has 0 aromatic heterocycles. The molecule has 0 unspecified atom stereocenters. The average Bonchev–Trinajstić information content (AvgIpc) is 2.51. The molecule has 0 aliphatic heterocycles. The first-order chi connectivity index (χ1) is 11.9. The Kier molecular flexibility index (Phi) is 7.09. The predicted octanol–water partition coefficient (Wildman–Crippen LogP) is 1.97. The minimum Gasteiger partial charge on any atom is -0.489 e. The van der Waals surface area contributed by atoms with Gasteiger partial charge in [0.05, 0.1) is 6.04 Å². The van der Waals surface area contributed by atoms with Gasteiger partial charge in [-0.05, 0) is 19.1 Å². The number of hydrogen-bond acceptors (Lipinski definition) is 4. The van der Waals surface area contributed by atoms with Gasteiger partial charge in [0.1, 0.15) is 12.4 Å². The third-order valence-corrected chi connectivity index (χ3v) is 4.21. The number of ether oxygens (including phenoxy) is 1. The molecule has 0 aliphatic rings. The monoisotopic (exact) mass is 402 g/mol. The summed E-state index contributed by atoms with van der Waals surface area (Å²) in [4.78, 5) is 11.1. The Balaban J connectivity index is 2.80. The molecule has 26 heavy (non-hydrogen) atoms. The van der Waals surface area contributed by atoms with E-state index in [1.807, 2.05) is 0 Å². The second-order valence-corrected chi connectivity index (χ2v) is 6.78. The fourth-order valence-electron chi connectivity index (χ4n) is 1.65. The summed E-state index contributed by atoms with van der Waals surface area (Å²) in [6.45, 7) is 3.29. The van der Waals surface area contributed by atoms with Crippen LogP contribution in [-0.2, 0) is 21.4 Å². The van der Waals surface area contributed by atoms with Crippen LogP contribution in [0.3, 0.4) is 0 Å². The van der Waals surface area contributed by atoms with Gasteiger partial charge in [-0.25, -0.2) is 21.9 Å². The van der Waals surface area contributed by atoms with E-state index in [4.69, 9.17) is 4.74 Å². The standard InChI is InChI=1S/C14H15F5N2O4S/c1-3-13(22)20-6-9-4-12(11(16)5-10(9)15)25-7-8(2)21-26(23,24)14(17,18)19/h3-5,8,21H,1,6-7H2,2H3,(H,20,22)/t8-/m0/s1. The van der Waals surface area contributed by atoms with Gasteiger partial charge in [-0.3, -0.25) is 4.79 Å². The summed E-state index contributed by atoms with van der Waals surface area (Å²) in [7, 11) is -5.59. The van der Waals surface area contributed by atoms with E-state index < -0.39 is 51.5 Å². The molecule has 6 nitrogen and oxygen atoms in total. The van der Waals surface area contributed by atoms with Crippen molar-refractivity contribution in [3.05, 3.63) is 42.0 Å². The summed E-state index contributed by atoms with van der Waals surface area (Å²) in [5, 5.41) is 2.26. The topological polar surface area (TPSA) is 84.5 Å². The highest BCUT2D eigenvalue weighted by Gasteiger charge is 2.46. The molecule has 1 aromatic rings. The van der Waals surface area contributed by atoms with Crippen molar-refractivity contribution < 1.29 is 39.9 Å². The second-order valence-electron chi connectivity index (χ2n) is 5.08. The third kappa shape index (κ3) is 5.95. The number of halogens is 5. The van der Waals surface area contributed by atoms with Gasteiger partial charge in [0.25, 0.3) is 0 Å². The number of carbonyl (C=O) groups excluding carboxylic acids is 1. The number of sulfonamides is 1. The molecule has 0 radical (unpaired) electrons. The lowest BCUT2D eigenvalue weighted by Gasteiger charge is -2.17. The molecule has 0 bridgehead atoms. The summed E-state index contributed by atoms with van der Waals surface area (Å²) >= 11 is 0. The van der Waals surface area contributed by atoms with Crippen molar-refractivity contribution in [2.75, 3.05) is 6.61 Å². The predicted molar refractivity (Wildman–Crippen MR) is 81.5 cm³/mol. The van der Waals surface area contributed by atoms with Gasteiger partial charge >= 0.3 is 15.5 Å². The largest absolute Gasteiger partial charge is 0.511 e. The Morgan fingerprint density at radius 3 is 2.46 bits per heavy atom. The van der Waals surface area contributed by atoms with Crippen LogP contribution in [0.25, 0.3) is 0 Å². The number of amides is 1. The summed E-state index contributed by atoms with van der Waals surface area (Å²) in [6, 6.07) is 0.0175. The SMILES string of the molecule is C=CC(=O)NCc1cc(OC[C@H](C)NS(=O)(=O)C(F)(F)F)c(F)cc1F. The molecule has 2 N–H and O–H groups in total. The Labute approximate surface area is 146 Å². The van der Waals surface area contributed by atoms with E-state index in [2.05, 4.69) is 11.9 Å². The zero-order valence-electron chi connectivity index (χ0n) is 13.4. The summed E-state index contributed by atoms with van der Waals surface area (Å²) in [5.41, 5.74) is -5.65. The number of nitrogens with one attached hydrogen (secondary N) is 2. The van der Waals surface area contributed by atoms with E-state index in [9.17, 15) is 35.2 Å². The maximum atomic E-state index is 13.7. The third-order valence-electron chi connectivity index (χ3n) is 2.89. The van der Waals surface area contributed by atoms with Crippen LogP contribution in [0.1, 0.15) is 12.5 Å². The number of rotatable bonds is 8. The smallest absolute Gasteiger partial charge is 0.489 e. The van der Waals surface area contributed by atoms with Crippen LogP contribution in [0.15, 0.2) is 24.8 Å². The van der Waals surface area contributed by atoms with Gasteiger partial charge in [-0.2, -0.15) is 13.2 Å². The zero-order chi connectivity index (χ0) is 20.1. The molecular formula is C14H15F5N2O4S. The van der Waals surface area contributed by atoms with E-state index in [0.717, 1.165) is 19.1 Å². The Bertz CT molecular complexity index is 780. The van der Waals surface area contributed by atoms with Gasteiger partial charge in [0, 0.05) is 18.2 Å². The van der Waals surface area contributed by atoms with Crippen molar-refractivity contribution in [2.45, 2.75) is 25.0 Å². The maximum absolute atomic E-state index is 13.7. The van der Waals surface area contributed by atoms with Crippen molar-refractivity contribution in [3.8, 4) is 5.75 Å². The first-order valence-electron chi connectivity index (χ1n) is 6.97. The maximum Gasteiger partial charge on any atom is 0.511 e. The van der Waals surface area contributed by atoms with Crippen LogP contribution in [0.2, 0.25) is 0 Å². The molecule has 0 saturated carbocycles. The summed E-state index contributed by atoms with van der Waals surface area (Å²) in [6.07, 6.45) is 0.938. The van der Waals surface area contributed by atoms with Crippen LogP contribution >= 0.6 is 0 Å². The molecular weight excluding hydrogens is 387 g/mol. The minimum atomic E-state index is -5.59. The van der Waals surface area contributed by atoms with E-state index in [1.165, 1.54) is 4.72 Å². The first-order valence-corrected chi connectivity index (χ1v) is 8.45. The molecule has 1 amide bonds. The van der Waals surface area contributed by atoms with Crippen LogP contribution in [0, 0.1) is 11.6 Å². The summed E-state index contributed by atoms with van der Waals surface area (Å²) in [5.74, 6) is -3.25. The molecule has 0 aliphatic carbocycles. The van der Waals surface area contributed by atoms with Gasteiger partial charge in [-0.1, -0.05) is 6.58 Å². The fraction of sp³-hybridized carbons (Fsp3) is 0.357. The second kappa shape index (κ2) is 8.45. The van der Waals surface area contributed by atoms with E-state index in [1.54, 1.807) is 0 Å². The van der Waals surface area contributed by atoms with Crippen molar-refractivity contribution in [1.29, 1.82) is 0 Å². The van der Waals surface area contributed by atoms with Gasteiger partial charge in [-0.15, -0.1) is 0 Å². The highest BCUT2D eigenvalue weighted by atomic mass is 32.2. The molecule has 0 spiro atoms. The Morgan fingerprint density at radius 1 is 1.31 bits per heavy atom. The number of hydrogen-bond donors (Lipinski definition) is 2. The highest BCUT2D eigenvalue weighted by Crippen LogP contribution is 2.24. The lowest BCUT2D eigenvalue weighted by molar-refractivity contribution is -0.116. The summed E-state index contributed by atoms with van der Waals surface area (Å²) < 4.78 is 92.3. The molecule has 1 atom stereocenters. The van der Waals surface area contributed by atoms with Crippen molar-refractivity contribution in [2.24, 2.45) is 0 Å². The normalized spacial score (nSPS) is 13.2. The fourth-order valence-corrected chi connectivity index (χ4v) is 2.38. The minimum absolute atomic E-state index is 0.153. The van der Waals surface area contributed by atoms with Crippen LogP contribution in [0.5, 0.6) is 5.75 Å². The molecule has 1 aromatic carbocycles. The van der Waals surface area contributed by atoms with E-state index in [-0.39, 0.29) is 12.1 Å². The molecule has 0 fully saturated rings. The molecule has 146 valence electrons. The molecule has 12 heteroatoms. The first kappa shape index (κ1) is 21.8. The van der Waals surface area contributed by atoms with E-state index in [0.29, 0.717) is 6.07 Å². The van der Waals surface area contributed by atoms with Crippen LogP contribution in [0.4, 0.5) is 22.0 Å². The van der Waals surface area contributed by atoms with Crippen LogP contribution in [-0.4, -0.2) is 32.5 Å². The average molecular weight is 402 g/mol. The molecule has 0 saturated heterocycles. The molecule has 1 rings (SSSR count). The van der Waals surface area contributed by atoms with Gasteiger partial charge < -0.3 is 10.1 Å². The van der Waals surface area contributed by atoms with Gasteiger partial charge in [0.2, 0.25) is 5.91 Å². The Morgan fingerprint density at radius 2 is 1.92 bits per heavy atom. The number of carbonyl (C=O) groups is 1. The van der Waals surface area contributed by atoms with Crippen molar-refractivity contribution in [1.82, 2.24) is 10.0 Å². The quantitative estimate of drug-likeness (QED) is 0.515. The number of alkyl halides is 3. The number of benzene rings is 1.